The van der Waals surface area contributed by atoms with Crippen molar-refractivity contribution >= 4 is 17.7 Å². The summed E-state index contributed by atoms with van der Waals surface area (Å²) in [5, 5.41) is 4.32. The van der Waals surface area contributed by atoms with Crippen LogP contribution in [0.1, 0.15) is 73.6 Å². The average Bonchev–Trinajstić information content (AvgIpc) is 3.02. The highest BCUT2D eigenvalue weighted by Gasteiger charge is 2.76. The van der Waals surface area contributed by atoms with Gasteiger partial charge in [-0.05, 0) is 50.4 Å². The molecule has 5 nitrogen and oxygen atoms in total. The highest BCUT2D eigenvalue weighted by atomic mass is 16.7. The molecule has 1 heterocycles. The predicted octanol–water partition coefficient (Wildman–Crippen LogP) is 3.85. The lowest BCUT2D eigenvalue weighted by Crippen LogP contribution is -2.48. The van der Waals surface area contributed by atoms with Gasteiger partial charge in [-0.2, -0.15) is 0 Å². The summed E-state index contributed by atoms with van der Waals surface area (Å²) in [4.78, 5) is 30.7. The van der Waals surface area contributed by atoms with Crippen LogP contribution in [-0.4, -0.2) is 23.3 Å². The highest BCUT2D eigenvalue weighted by molar-refractivity contribution is 5.96. The van der Waals surface area contributed by atoms with E-state index in [2.05, 4.69) is 25.9 Å². The Hall–Kier alpha value is -1.39. The first-order valence-corrected chi connectivity index (χ1v) is 9.45. The maximum atomic E-state index is 13.0. The molecular formula is C20H29NO4. The molecule has 0 aromatic carbocycles. The second-order valence-electron chi connectivity index (χ2n) is 10.1. The van der Waals surface area contributed by atoms with Crippen LogP contribution in [0.15, 0.2) is 5.16 Å². The van der Waals surface area contributed by atoms with Gasteiger partial charge in [0.15, 0.2) is 0 Å². The number of carbonyl (C=O) groups excluding carboxylic acids is 2. The third-order valence-electron chi connectivity index (χ3n) is 9.16. The van der Waals surface area contributed by atoms with Crippen molar-refractivity contribution < 1.29 is 19.2 Å². The molecule has 1 saturated heterocycles. The van der Waals surface area contributed by atoms with E-state index in [0.29, 0.717) is 18.8 Å². The Morgan fingerprint density at radius 1 is 1.08 bits per heavy atom. The fraction of sp³-hybridized carbons (Fsp3) is 0.850. The fourth-order valence-electron chi connectivity index (χ4n) is 5.94. The van der Waals surface area contributed by atoms with E-state index in [1.165, 1.54) is 6.42 Å². The molecular weight excluding hydrogens is 318 g/mol. The van der Waals surface area contributed by atoms with Crippen LogP contribution in [0.5, 0.6) is 0 Å². The maximum absolute atomic E-state index is 13.0. The van der Waals surface area contributed by atoms with Gasteiger partial charge in [0.2, 0.25) is 5.60 Å². The van der Waals surface area contributed by atoms with E-state index in [4.69, 9.17) is 9.57 Å². The van der Waals surface area contributed by atoms with Gasteiger partial charge in [0.25, 0.3) is 0 Å². The Balaban J connectivity index is 1.60. The monoisotopic (exact) mass is 347 g/mol. The topological polar surface area (TPSA) is 65.0 Å². The quantitative estimate of drug-likeness (QED) is 0.432. The molecule has 4 unspecified atom stereocenters. The van der Waals surface area contributed by atoms with Crippen molar-refractivity contribution in [2.24, 2.45) is 32.7 Å². The summed E-state index contributed by atoms with van der Waals surface area (Å²) >= 11 is 0. The van der Waals surface area contributed by atoms with Crippen LogP contribution in [0.2, 0.25) is 0 Å². The van der Waals surface area contributed by atoms with Crippen LogP contribution >= 0.6 is 0 Å². The standard InChI is InChI=1S/C20H29NO4/c1-16(2)12-7-8-18(16,5)13(11-12)21-25-15(23)20-10-9-19(6,14(22)24-20)17(20,3)4/h12H,7-11H2,1-6H3. The Kier molecular flexibility index (Phi) is 3.05. The van der Waals surface area contributed by atoms with Crippen LogP contribution in [-0.2, 0) is 19.2 Å². The number of ether oxygens (including phenoxy) is 1. The Bertz CT molecular complexity index is 708. The summed E-state index contributed by atoms with van der Waals surface area (Å²) < 4.78 is 5.59. The van der Waals surface area contributed by atoms with Crippen LogP contribution in [0.3, 0.4) is 0 Å². The van der Waals surface area contributed by atoms with E-state index in [1.807, 2.05) is 20.8 Å². The van der Waals surface area contributed by atoms with E-state index in [0.717, 1.165) is 18.6 Å². The summed E-state index contributed by atoms with van der Waals surface area (Å²) in [6, 6.07) is 0. The molecule has 0 aromatic heterocycles. The first-order valence-electron chi connectivity index (χ1n) is 9.45. The van der Waals surface area contributed by atoms with E-state index < -0.39 is 22.4 Å². The van der Waals surface area contributed by atoms with E-state index in [9.17, 15) is 9.59 Å². The minimum atomic E-state index is -1.20. The minimum Gasteiger partial charge on any atom is -0.446 e. The number of fused-ring (bicyclic) bond motifs is 4. The van der Waals surface area contributed by atoms with Crippen molar-refractivity contribution in [1.29, 1.82) is 0 Å². The minimum absolute atomic E-state index is 0.0122. The molecule has 5 heteroatoms. The average molecular weight is 347 g/mol. The van der Waals surface area contributed by atoms with Crippen LogP contribution < -0.4 is 0 Å². The van der Waals surface area contributed by atoms with Crippen molar-refractivity contribution in [2.45, 2.75) is 79.2 Å². The molecule has 0 radical (unpaired) electrons. The highest BCUT2D eigenvalue weighted by Crippen LogP contribution is 2.66. The van der Waals surface area contributed by atoms with Gasteiger partial charge in [-0.15, -0.1) is 0 Å². The molecule has 0 amide bonds. The zero-order valence-electron chi connectivity index (χ0n) is 16.2. The molecule has 0 aromatic rings. The Morgan fingerprint density at radius 3 is 2.20 bits per heavy atom. The van der Waals surface area contributed by atoms with Crippen molar-refractivity contribution in [2.75, 3.05) is 0 Å². The molecule has 25 heavy (non-hydrogen) atoms. The first kappa shape index (κ1) is 17.0. The van der Waals surface area contributed by atoms with Crippen LogP contribution in [0, 0.1) is 27.6 Å². The number of hydrogen-bond donors (Lipinski definition) is 0. The van der Waals surface area contributed by atoms with Crippen molar-refractivity contribution in [3.63, 3.8) is 0 Å². The summed E-state index contributed by atoms with van der Waals surface area (Å²) in [5.74, 6) is -0.200. The van der Waals surface area contributed by atoms with Crippen LogP contribution in [0.25, 0.3) is 0 Å². The summed E-state index contributed by atoms with van der Waals surface area (Å²) in [5.41, 5.74) is -1.26. The fourth-order valence-corrected chi connectivity index (χ4v) is 5.94. The number of rotatable bonds is 2. The smallest absolute Gasteiger partial charge is 0.378 e. The molecule has 0 spiro atoms. The molecule has 0 N–H and O–H groups in total. The second-order valence-corrected chi connectivity index (χ2v) is 10.1. The molecule has 138 valence electrons. The largest absolute Gasteiger partial charge is 0.446 e. The van der Waals surface area contributed by atoms with Gasteiger partial charge < -0.3 is 9.57 Å². The SMILES string of the molecule is CC12CCC(CC1=NOC(=O)C13CCC(C)(C(=O)O1)C3(C)C)C2(C)C. The lowest BCUT2D eigenvalue weighted by Gasteiger charge is -2.35. The maximum Gasteiger partial charge on any atom is 0.378 e. The number of hydrogen-bond acceptors (Lipinski definition) is 5. The van der Waals surface area contributed by atoms with Crippen molar-refractivity contribution in [1.82, 2.24) is 0 Å². The zero-order valence-corrected chi connectivity index (χ0v) is 16.2. The zero-order chi connectivity index (χ0) is 18.5. The molecule has 4 bridgehead atoms. The summed E-state index contributed by atoms with van der Waals surface area (Å²) in [7, 11) is 0. The molecule has 4 aliphatic rings. The van der Waals surface area contributed by atoms with E-state index in [-0.39, 0.29) is 16.8 Å². The molecule has 4 rings (SSSR count). The van der Waals surface area contributed by atoms with E-state index >= 15 is 0 Å². The summed E-state index contributed by atoms with van der Waals surface area (Å²) in [6.07, 6.45) is 4.35. The molecule has 1 aliphatic heterocycles. The lowest BCUT2D eigenvalue weighted by atomic mass is 9.66. The predicted molar refractivity (Wildman–Crippen MR) is 92.7 cm³/mol. The molecule has 4 atom stereocenters. The number of oxime groups is 1. The third kappa shape index (κ3) is 1.64. The summed E-state index contributed by atoms with van der Waals surface area (Å²) in [6.45, 7) is 12.6. The van der Waals surface area contributed by atoms with Gasteiger partial charge in [-0.3, -0.25) is 4.79 Å². The van der Waals surface area contributed by atoms with Gasteiger partial charge in [-0.1, -0.05) is 39.8 Å². The van der Waals surface area contributed by atoms with Crippen molar-refractivity contribution in [3.8, 4) is 0 Å². The first-order chi connectivity index (χ1) is 11.4. The van der Waals surface area contributed by atoms with E-state index in [1.54, 1.807) is 0 Å². The Morgan fingerprint density at radius 2 is 1.76 bits per heavy atom. The molecule has 3 aliphatic carbocycles. The van der Waals surface area contributed by atoms with Crippen molar-refractivity contribution in [3.05, 3.63) is 0 Å². The second kappa shape index (κ2) is 4.47. The number of esters is 1. The van der Waals surface area contributed by atoms with Crippen LogP contribution in [0.4, 0.5) is 0 Å². The van der Waals surface area contributed by atoms with Gasteiger partial charge >= 0.3 is 11.9 Å². The number of carbonyl (C=O) groups is 2. The lowest BCUT2D eigenvalue weighted by molar-refractivity contribution is -0.183. The normalized spacial score (nSPS) is 47.4. The number of nitrogens with zero attached hydrogens (tertiary/aromatic N) is 1. The van der Waals surface area contributed by atoms with Gasteiger partial charge in [0.1, 0.15) is 0 Å². The molecule has 3 saturated carbocycles. The van der Waals surface area contributed by atoms with Gasteiger partial charge in [0.05, 0.1) is 11.1 Å². The van der Waals surface area contributed by atoms with Gasteiger partial charge in [0, 0.05) is 10.8 Å². The van der Waals surface area contributed by atoms with Gasteiger partial charge in [-0.25, -0.2) is 4.79 Å². The molecule has 4 fully saturated rings. The Labute approximate surface area is 149 Å². The third-order valence-corrected chi connectivity index (χ3v) is 9.16.